The molecule has 3 nitrogen and oxygen atoms in total. The monoisotopic (exact) mass is 409 g/mol. The maximum absolute atomic E-state index is 15.5. The van der Waals surface area contributed by atoms with Crippen LogP contribution in [0.2, 0.25) is 0 Å². The van der Waals surface area contributed by atoms with Gasteiger partial charge in [0.05, 0.1) is 11.2 Å². The Morgan fingerprint density at radius 1 is 1.00 bits per heavy atom. The highest BCUT2D eigenvalue weighted by Crippen LogP contribution is 2.41. The van der Waals surface area contributed by atoms with Gasteiger partial charge in [0.25, 0.3) is 0 Å². The number of alkyl halides is 3. The molecule has 1 atom stereocenters. The second kappa shape index (κ2) is 7.41. The number of hydrogen-bond acceptors (Lipinski definition) is 3. The van der Waals surface area contributed by atoms with E-state index < -0.39 is 42.7 Å². The van der Waals surface area contributed by atoms with Crippen molar-refractivity contribution >= 4 is 23.5 Å². The van der Waals surface area contributed by atoms with Gasteiger partial charge in [-0.15, -0.1) is 0 Å². The summed E-state index contributed by atoms with van der Waals surface area (Å²) in [4.78, 5) is 0. The van der Waals surface area contributed by atoms with E-state index in [0.29, 0.717) is 5.56 Å². The third-order valence-electron chi connectivity index (χ3n) is 5.69. The molecule has 0 bridgehead atoms. The van der Waals surface area contributed by atoms with Gasteiger partial charge in [0.15, 0.2) is 0 Å². The Morgan fingerprint density at radius 3 is 2.10 bits per heavy atom. The lowest BCUT2D eigenvalue weighted by molar-refractivity contribution is -0.146. The molecule has 0 aliphatic carbocycles. The second-order valence-electron chi connectivity index (χ2n) is 8.33. The fourth-order valence-electron chi connectivity index (χ4n) is 3.15. The van der Waals surface area contributed by atoms with Crippen LogP contribution in [0, 0.1) is 0 Å². The molecule has 8 heteroatoms. The molecule has 1 aliphatic heterocycles. The van der Waals surface area contributed by atoms with E-state index in [4.69, 9.17) is 15.0 Å². The Kier molecular flexibility index (Phi) is 5.58. The number of benzene rings is 2. The van der Waals surface area contributed by atoms with Crippen LogP contribution in [-0.2, 0) is 9.31 Å². The molecular formula is C21H24BF4NO2. The van der Waals surface area contributed by atoms with Crippen molar-refractivity contribution in [3.63, 3.8) is 0 Å². The quantitative estimate of drug-likeness (QED) is 0.541. The summed E-state index contributed by atoms with van der Waals surface area (Å²) < 4.78 is 66.3. The standard InChI is InChI=1S/C21H24BF4NO2/c1-19(2)20(3,4)29-22(28-19)18(23)16(12-17(27)21(24,25)26)15-10-9-13-7-5-6-8-14(13)11-15/h5-11,17H,12,27H2,1-4H3. The van der Waals surface area contributed by atoms with Crippen molar-refractivity contribution in [3.8, 4) is 0 Å². The minimum Gasteiger partial charge on any atom is -0.398 e. The fourth-order valence-corrected chi connectivity index (χ4v) is 3.15. The fraction of sp³-hybridized carbons (Fsp3) is 0.429. The third-order valence-corrected chi connectivity index (χ3v) is 5.69. The van der Waals surface area contributed by atoms with Crippen LogP contribution in [0.4, 0.5) is 17.6 Å². The highest BCUT2D eigenvalue weighted by Gasteiger charge is 2.54. The van der Waals surface area contributed by atoms with Gasteiger partial charge in [-0.2, -0.15) is 13.2 Å². The minimum atomic E-state index is -4.65. The molecular weight excluding hydrogens is 385 g/mol. The van der Waals surface area contributed by atoms with Gasteiger partial charge in [-0.1, -0.05) is 36.4 Å². The molecule has 0 saturated carbocycles. The molecule has 1 heterocycles. The van der Waals surface area contributed by atoms with Gasteiger partial charge in [-0.25, -0.2) is 4.39 Å². The van der Waals surface area contributed by atoms with Crippen LogP contribution in [-0.4, -0.2) is 30.5 Å². The summed E-state index contributed by atoms with van der Waals surface area (Å²) in [5.74, 6) is 0. The average molecular weight is 409 g/mol. The molecule has 0 radical (unpaired) electrons. The van der Waals surface area contributed by atoms with E-state index in [1.807, 2.05) is 24.3 Å². The zero-order chi connectivity index (χ0) is 21.6. The van der Waals surface area contributed by atoms with Crippen molar-refractivity contribution in [2.45, 2.75) is 57.5 Å². The molecule has 0 aromatic heterocycles. The van der Waals surface area contributed by atoms with E-state index in [9.17, 15) is 13.2 Å². The van der Waals surface area contributed by atoms with Gasteiger partial charge in [-0.05, 0) is 62.1 Å². The van der Waals surface area contributed by atoms with E-state index in [-0.39, 0.29) is 5.57 Å². The summed E-state index contributed by atoms with van der Waals surface area (Å²) in [5, 5.41) is 1.68. The number of halogens is 4. The van der Waals surface area contributed by atoms with Crippen molar-refractivity contribution < 1.29 is 26.9 Å². The van der Waals surface area contributed by atoms with Crippen LogP contribution >= 0.6 is 0 Å². The first-order chi connectivity index (χ1) is 13.3. The lowest BCUT2D eigenvalue weighted by atomic mass is 9.80. The third kappa shape index (κ3) is 4.34. The first-order valence-corrected chi connectivity index (χ1v) is 9.37. The SMILES string of the molecule is CC1(C)OB(C(F)=C(CC(N)C(F)(F)F)c2ccc3ccccc3c2)OC1(C)C. The number of fused-ring (bicyclic) bond motifs is 1. The second-order valence-corrected chi connectivity index (χ2v) is 8.33. The van der Waals surface area contributed by atoms with Crippen LogP contribution in [0.15, 0.2) is 48.2 Å². The van der Waals surface area contributed by atoms with E-state index in [1.54, 1.807) is 45.9 Å². The van der Waals surface area contributed by atoms with Gasteiger partial charge >= 0.3 is 13.3 Å². The Bertz CT molecular complexity index is 924. The first-order valence-electron chi connectivity index (χ1n) is 9.37. The van der Waals surface area contributed by atoms with E-state index in [2.05, 4.69) is 0 Å². The molecule has 1 unspecified atom stereocenters. The highest BCUT2D eigenvalue weighted by atomic mass is 19.4. The van der Waals surface area contributed by atoms with Crippen LogP contribution < -0.4 is 5.73 Å². The molecule has 1 saturated heterocycles. The lowest BCUT2D eigenvalue weighted by Gasteiger charge is -2.32. The minimum absolute atomic E-state index is 0.168. The summed E-state index contributed by atoms with van der Waals surface area (Å²) in [6.07, 6.45) is -5.38. The van der Waals surface area contributed by atoms with Gasteiger partial charge in [0.1, 0.15) is 11.8 Å². The molecule has 1 fully saturated rings. The normalized spacial score (nSPS) is 20.7. The maximum Gasteiger partial charge on any atom is 0.525 e. The maximum atomic E-state index is 15.5. The van der Waals surface area contributed by atoms with E-state index in [0.717, 1.165) is 10.8 Å². The molecule has 156 valence electrons. The Labute approximate surface area is 168 Å². The highest BCUT2D eigenvalue weighted by molar-refractivity contribution is 6.55. The molecule has 0 amide bonds. The zero-order valence-corrected chi connectivity index (χ0v) is 16.8. The van der Waals surface area contributed by atoms with Crippen LogP contribution in [0.25, 0.3) is 16.3 Å². The zero-order valence-electron chi connectivity index (χ0n) is 16.8. The van der Waals surface area contributed by atoms with Crippen molar-refractivity contribution in [1.82, 2.24) is 0 Å². The number of nitrogens with two attached hydrogens (primary N) is 1. The molecule has 29 heavy (non-hydrogen) atoms. The van der Waals surface area contributed by atoms with Crippen LogP contribution in [0.5, 0.6) is 0 Å². The molecule has 2 aromatic carbocycles. The summed E-state index contributed by atoms with van der Waals surface area (Å²) in [7, 11) is -1.40. The molecule has 2 N–H and O–H groups in total. The van der Waals surface area contributed by atoms with Crippen molar-refractivity contribution in [3.05, 3.63) is 53.8 Å². The summed E-state index contributed by atoms with van der Waals surface area (Å²) >= 11 is 0. The van der Waals surface area contributed by atoms with Crippen molar-refractivity contribution in [2.24, 2.45) is 5.73 Å². The van der Waals surface area contributed by atoms with E-state index in [1.165, 1.54) is 0 Å². The predicted molar refractivity (Wildman–Crippen MR) is 107 cm³/mol. The van der Waals surface area contributed by atoms with Gasteiger partial charge in [-0.3, -0.25) is 0 Å². The van der Waals surface area contributed by atoms with Crippen molar-refractivity contribution in [2.75, 3.05) is 0 Å². The number of hydrogen-bond donors (Lipinski definition) is 1. The summed E-state index contributed by atoms with van der Waals surface area (Å²) in [5.41, 5.74) is 2.95. The molecule has 0 spiro atoms. The molecule has 2 aromatic rings. The molecule has 3 rings (SSSR count). The average Bonchev–Trinajstić information content (AvgIpc) is 2.85. The van der Waals surface area contributed by atoms with E-state index >= 15 is 4.39 Å². The Balaban J connectivity index is 2.08. The Hall–Kier alpha value is -1.90. The van der Waals surface area contributed by atoms with Gasteiger partial charge < -0.3 is 15.0 Å². The summed E-state index contributed by atoms with van der Waals surface area (Å²) in [6.45, 7) is 6.99. The molecule has 1 aliphatic rings. The van der Waals surface area contributed by atoms with Gasteiger partial charge in [0, 0.05) is 0 Å². The summed E-state index contributed by atoms with van der Waals surface area (Å²) in [6, 6.07) is 10.1. The lowest BCUT2D eigenvalue weighted by Crippen LogP contribution is -2.41. The predicted octanol–water partition coefficient (Wildman–Crippen LogP) is 5.43. The van der Waals surface area contributed by atoms with Crippen LogP contribution in [0.1, 0.15) is 39.7 Å². The van der Waals surface area contributed by atoms with Crippen LogP contribution in [0.3, 0.4) is 0 Å². The largest absolute Gasteiger partial charge is 0.525 e. The Morgan fingerprint density at radius 2 is 1.55 bits per heavy atom. The smallest absolute Gasteiger partial charge is 0.398 e. The topological polar surface area (TPSA) is 44.5 Å². The first kappa shape index (κ1) is 21.8. The number of rotatable bonds is 4. The van der Waals surface area contributed by atoms with Gasteiger partial charge in [0.2, 0.25) is 0 Å². The van der Waals surface area contributed by atoms with Crippen molar-refractivity contribution in [1.29, 1.82) is 0 Å².